The minimum atomic E-state index is -0.959. The Balaban J connectivity index is 0.000000342. The van der Waals surface area contributed by atoms with Crippen molar-refractivity contribution in [1.29, 1.82) is 0 Å². The Kier molecular flexibility index (Phi) is 10.9. The maximum absolute atomic E-state index is 13.0. The molecule has 1 aliphatic heterocycles. The van der Waals surface area contributed by atoms with E-state index < -0.39 is 11.7 Å². The smallest absolute Gasteiger partial charge is 0.328 e. The molecule has 0 bridgehead atoms. The van der Waals surface area contributed by atoms with Crippen LogP contribution in [0.5, 0.6) is 0 Å². The van der Waals surface area contributed by atoms with E-state index in [1.165, 1.54) is 33.8 Å². The minimum Gasteiger partial charge on any atom is -0.481 e. The number of nitrogens with zero attached hydrogens (tertiary/aromatic N) is 3. The number of aromatic nitrogens is 2. The summed E-state index contributed by atoms with van der Waals surface area (Å²) in [6, 6.07) is 12.6. The van der Waals surface area contributed by atoms with Crippen molar-refractivity contribution in [2.24, 2.45) is 5.92 Å². The lowest BCUT2D eigenvalue weighted by molar-refractivity contribution is -0.139. The number of Topliss-reactive ketones (excluding diaryl/α,β-unsaturated/α-hetero) is 1. The van der Waals surface area contributed by atoms with E-state index in [0.717, 1.165) is 13.1 Å². The van der Waals surface area contributed by atoms with Crippen molar-refractivity contribution in [2.45, 2.75) is 32.2 Å². The SMILES string of the molecule is CN(C)NC(=O)CCC(=O)O.O=C(c1ccc(F)cc1)C1CCN(CCn2c(=O)[nH]c3ccccc3c2=O)CC1. The highest BCUT2D eigenvalue weighted by Gasteiger charge is 2.26. The number of hydrogen-bond donors (Lipinski definition) is 3. The Labute approximate surface area is 230 Å². The minimum absolute atomic E-state index is 0.0213. The number of carboxylic acid groups (broad SMARTS) is 1. The number of amides is 1. The highest BCUT2D eigenvalue weighted by atomic mass is 19.1. The third-order valence-corrected chi connectivity index (χ3v) is 6.53. The number of carboxylic acids is 1. The summed E-state index contributed by atoms with van der Waals surface area (Å²) < 4.78 is 14.3. The molecule has 0 saturated carbocycles. The van der Waals surface area contributed by atoms with Crippen LogP contribution in [0.2, 0.25) is 0 Å². The summed E-state index contributed by atoms with van der Waals surface area (Å²) in [4.78, 5) is 63.1. The molecular formula is C28H34FN5O6. The van der Waals surface area contributed by atoms with Crippen molar-refractivity contribution in [3.05, 3.63) is 80.7 Å². The molecule has 2 heterocycles. The molecule has 1 saturated heterocycles. The molecule has 3 N–H and O–H groups in total. The second-order valence-corrected chi connectivity index (χ2v) is 9.74. The van der Waals surface area contributed by atoms with Crippen LogP contribution in [0.4, 0.5) is 4.39 Å². The molecule has 11 nitrogen and oxygen atoms in total. The summed E-state index contributed by atoms with van der Waals surface area (Å²) in [7, 11) is 3.33. The average molecular weight is 556 g/mol. The molecule has 0 spiro atoms. The van der Waals surface area contributed by atoms with Crippen molar-refractivity contribution in [1.82, 2.24) is 24.9 Å². The number of hydrazine groups is 1. The first kappa shape index (κ1) is 30.4. The number of nitrogens with one attached hydrogen (secondary N) is 2. The highest BCUT2D eigenvalue weighted by molar-refractivity contribution is 5.97. The Morgan fingerprint density at radius 3 is 2.27 bits per heavy atom. The van der Waals surface area contributed by atoms with Crippen molar-refractivity contribution in [3.63, 3.8) is 0 Å². The number of piperidine rings is 1. The molecule has 1 fully saturated rings. The van der Waals surface area contributed by atoms with Crippen LogP contribution in [0.1, 0.15) is 36.0 Å². The number of ketones is 1. The lowest BCUT2D eigenvalue weighted by Gasteiger charge is -2.31. The number of likely N-dealkylation sites (tertiary alicyclic amines) is 1. The van der Waals surface area contributed by atoms with E-state index >= 15 is 0 Å². The number of H-pyrrole nitrogens is 1. The number of halogens is 1. The topological polar surface area (TPSA) is 145 Å². The third kappa shape index (κ3) is 8.68. The van der Waals surface area contributed by atoms with Crippen LogP contribution < -0.4 is 16.7 Å². The first-order valence-electron chi connectivity index (χ1n) is 13.0. The van der Waals surface area contributed by atoms with Crippen LogP contribution in [-0.2, 0) is 16.1 Å². The Hall–Kier alpha value is -4.16. The summed E-state index contributed by atoms with van der Waals surface area (Å²) >= 11 is 0. The summed E-state index contributed by atoms with van der Waals surface area (Å²) in [5, 5.41) is 10.2. The van der Waals surface area contributed by atoms with Crippen molar-refractivity contribution < 1.29 is 23.9 Å². The number of fused-ring (bicyclic) bond motifs is 1. The Morgan fingerprint density at radius 1 is 1.00 bits per heavy atom. The van der Waals surface area contributed by atoms with Gasteiger partial charge in [0.2, 0.25) is 5.91 Å². The number of carbonyl (C=O) groups is 3. The van der Waals surface area contributed by atoms with Crippen LogP contribution >= 0.6 is 0 Å². The van der Waals surface area contributed by atoms with Gasteiger partial charge in [-0.25, -0.2) is 14.2 Å². The van der Waals surface area contributed by atoms with Crippen LogP contribution in [0.15, 0.2) is 58.1 Å². The fourth-order valence-electron chi connectivity index (χ4n) is 4.44. The molecule has 0 radical (unpaired) electrons. The molecule has 1 aliphatic rings. The van der Waals surface area contributed by atoms with Gasteiger partial charge in [0, 0.05) is 45.1 Å². The monoisotopic (exact) mass is 555 g/mol. The molecule has 1 aromatic heterocycles. The van der Waals surface area contributed by atoms with Crippen LogP contribution in [-0.4, -0.2) is 76.0 Å². The summed E-state index contributed by atoms with van der Waals surface area (Å²) in [5.74, 6) is -1.62. The normalized spacial score (nSPS) is 14.0. The lowest BCUT2D eigenvalue weighted by Crippen LogP contribution is -2.42. The fourth-order valence-corrected chi connectivity index (χ4v) is 4.44. The molecule has 0 unspecified atom stereocenters. The van der Waals surface area contributed by atoms with E-state index in [1.54, 1.807) is 38.4 Å². The number of hydrogen-bond acceptors (Lipinski definition) is 7. The number of aromatic amines is 1. The quantitative estimate of drug-likeness (QED) is 0.268. The second kappa shape index (κ2) is 14.3. The van der Waals surface area contributed by atoms with Crippen LogP contribution in [0, 0.1) is 11.7 Å². The Morgan fingerprint density at radius 2 is 1.65 bits per heavy atom. The molecule has 214 valence electrons. The number of aliphatic carboxylic acids is 1. The van der Waals surface area contributed by atoms with E-state index in [4.69, 9.17) is 5.11 Å². The third-order valence-electron chi connectivity index (χ3n) is 6.53. The van der Waals surface area contributed by atoms with E-state index in [1.807, 2.05) is 0 Å². The highest BCUT2D eigenvalue weighted by Crippen LogP contribution is 2.22. The fraction of sp³-hybridized carbons (Fsp3) is 0.393. The van der Waals surface area contributed by atoms with Crippen LogP contribution in [0.25, 0.3) is 10.9 Å². The molecule has 4 rings (SSSR count). The summed E-state index contributed by atoms with van der Waals surface area (Å²) in [5.41, 5.74) is 2.82. The maximum atomic E-state index is 13.0. The van der Waals surface area contributed by atoms with E-state index in [9.17, 15) is 28.4 Å². The van der Waals surface area contributed by atoms with Gasteiger partial charge in [-0.3, -0.25) is 29.2 Å². The molecule has 0 aliphatic carbocycles. The van der Waals surface area contributed by atoms with Gasteiger partial charge in [0.1, 0.15) is 5.82 Å². The molecule has 40 heavy (non-hydrogen) atoms. The van der Waals surface area contributed by atoms with Gasteiger partial charge in [-0.2, -0.15) is 0 Å². The molecule has 12 heteroatoms. The molecule has 1 amide bonds. The van der Waals surface area contributed by atoms with E-state index in [0.29, 0.717) is 42.4 Å². The average Bonchev–Trinajstić information content (AvgIpc) is 2.92. The summed E-state index contributed by atoms with van der Waals surface area (Å²) in [6.07, 6.45) is 1.31. The van der Waals surface area contributed by atoms with Gasteiger partial charge in [-0.05, 0) is 62.3 Å². The predicted molar refractivity (Wildman–Crippen MR) is 147 cm³/mol. The number of benzene rings is 2. The number of para-hydroxylation sites is 1. The first-order valence-corrected chi connectivity index (χ1v) is 13.0. The van der Waals surface area contributed by atoms with Gasteiger partial charge in [0.25, 0.3) is 5.56 Å². The zero-order valence-corrected chi connectivity index (χ0v) is 22.6. The molecule has 0 atom stereocenters. The summed E-state index contributed by atoms with van der Waals surface area (Å²) in [6.45, 7) is 2.31. The van der Waals surface area contributed by atoms with E-state index in [2.05, 4.69) is 15.3 Å². The standard InChI is InChI=1S/C22H22FN3O3.C6H12N2O3/c23-17-7-5-15(6-8-17)20(27)16-9-11-25(12-10-16)13-14-26-21(28)18-3-1-2-4-19(18)24-22(26)29;1-8(2)7-5(9)3-4-6(10)11/h1-8,16H,9-14H2,(H,24,29);3-4H2,1-2H3,(H,7,9)(H,10,11). The largest absolute Gasteiger partial charge is 0.481 e. The van der Waals surface area contributed by atoms with Gasteiger partial charge in [0.05, 0.1) is 17.3 Å². The zero-order valence-electron chi connectivity index (χ0n) is 22.6. The number of carbonyl (C=O) groups excluding carboxylic acids is 2. The zero-order chi connectivity index (χ0) is 29.2. The van der Waals surface area contributed by atoms with Gasteiger partial charge >= 0.3 is 11.7 Å². The maximum Gasteiger partial charge on any atom is 0.328 e. The predicted octanol–water partition coefficient (Wildman–Crippen LogP) is 1.87. The number of rotatable bonds is 9. The van der Waals surface area contributed by atoms with Crippen molar-refractivity contribution in [3.8, 4) is 0 Å². The molecular weight excluding hydrogens is 521 g/mol. The Bertz CT molecular complexity index is 1440. The van der Waals surface area contributed by atoms with Gasteiger partial charge in [0.15, 0.2) is 5.78 Å². The first-order chi connectivity index (χ1) is 19.0. The molecule has 3 aromatic rings. The molecule has 2 aromatic carbocycles. The van der Waals surface area contributed by atoms with Gasteiger partial charge in [-0.15, -0.1) is 0 Å². The van der Waals surface area contributed by atoms with Crippen molar-refractivity contribution in [2.75, 3.05) is 33.7 Å². The van der Waals surface area contributed by atoms with Crippen LogP contribution in [0.3, 0.4) is 0 Å². The lowest BCUT2D eigenvalue weighted by atomic mass is 9.89. The van der Waals surface area contributed by atoms with Crippen molar-refractivity contribution >= 4 is 28.6 Å². The second-order valence-electron chi connectivity index (χ2n) is 9.74. The van der Waals surface area contributed by atoms with Gasteiger partial charge < -0.3 is 15.0 Å². The van der Waals surface area contributed by atoms with E-state index in [-0.39, 0.29) is 41.8 Å². The van der Waals surface area contributed by atoms with Gasteiger partial charge in [-0.1, -0.05) is 12.1 Å².